The van der Waals surface area contributed by atoms with Gasteiger partial charge >= 0.3 is 0 Å². The number of carbonyl (C=O) groups excluding carboxylic acids is 1. The van der Waals surface area contributed by atoms with Crippen molar-refractivity contribution in [3.8, 4) is 20.5 Å². The van der Waals surface area contributed by atoms with Crippen LogP contribution in [-0.2, 0) is 4.79 Å². The molecule has 0 aliphatic carbocycles. The lowest BCUT2D eigenvalue weighted by molar-refractivity contribution is -0.113. The van der Waals surface area contributed by atoms with Crippen LogP contribution in [0.2, 0.25) is 5.02 Å². The number of benzene rings is 1. The van der Waals surface area contributed by atoms with Crippen LogP contribution in [-0.4, -0.2) is 26.8 Å². The van der Waals surface area contributed by atoms with Crippen LogP contribution in [0.3, 0.4) is 0 Å². The van der Waals surface area contributed by atoms with Gasteiger partial charge in [0.05, 0.1) is 21.2 Å². The van der Waals surface area contributed by atoms with Gasteiger partial charge in [0.25, 0.3) is 0 Å². The fourth-order valence-corrected chi connectivity index (χ4v) is 5.19. The molecule has 3 aromatic heterocycles. The molecule has 29 heavy (non-hydrogen) atoms. The second-order valence-electron chi connectivity index (χ2n) is 6.01. The van der Waals surface area contributed by atoms with Crippen molar-refractivity contribution in [2.75, 3.05) is 11.1 Å². The number of carbonyl (C=O) groups is 1. The lowest BCUT2D eigenvalue weighted by Gasteiger charge is -2.05. The van der Waals surface area contributed by atoms with Gasteiger partial charge < -0.3 is 5.32 Å². The monoisotopic (exact) mass is 458 g/mol. The third-order valence-corrected chi connectivity index (χ3v) is 7.23. The first-order valence-electron chi connectivity index (χ1n) is 8.62. The summed E-state index contributed by atoms with van der Waals surface area (Å²) < 4.78 is 0. The summed E-state index contributed by atoms with van der Waals surface area (Å²) in [6.45, 7) is 1.98. The molecule has 1 amide bonds. The maximum absolute atomic E-state index is 12.1. The Balaban J connectivity index is 1.39. The molecule has 4 aromatic rings. The molecule has 1 aromatic carbocycles. The Morgan fingerprint density at radius 3 is 2.79 bits per heavy atom. The SMILES string of the molecule is Cc1nc(-c2cccs2)sc1-c1ccc(SCC(=O)Nc2cccc(Cl)c2)nn1. The zero-order valence-electron chi connectivity index (χ0n) is 15.3. The Morgan fingerprint density at radius 1 is 1.17 bits per heavy atom. The minimum Gasteiger partial charge on any atom is -0.325 e. The largest absolute Gasteiger partial charge is 0.325 e. The topological polar surface area (TPSA) is 67.8 Å². The van der Waals surface area contributed by atoms with Crippen molar-refractivity contribution in [3.05, 3.63) is 64.6 Å². The number of amides is 1. The number of thiazole rings is 1. The fourth-order valence-electron chi connectivity index (χ4n) is 2.56. The van der Waals surface area contributed by atoms with Gasteiger partial charge in [0, 0.05) is 10.7 Å². The Morgan fingerprint density at radius 2 is 2.07 bits per heavy atom. The lowest BCUT2D eigenvalue weighted by atomic mass is 10.3. The van der Waals surface area contributed by atoms with Crippen LogP contribution in [0, 0.1) is 6.92 Å². The van der Waals surface area contributed by atoms with E-state index in [0.29, 0.717) is 15.7 Å². The Labute approximate surface area is 185 Å². The molecule has 5 nitrogen and oxygen atoms in total. The van der Waals surface area contributed by atoms with Gasteiger partial charge in [0.2, 0.25) is 5.91 Å². The normalized spacial score (nSPS) is 10.8. The predicted octanol–water partition coefficient (Wildman–Crippen LogP) is 6.02. The summed E-state index contributed by atoms with van der Waals surface area (Å²) in [5.41, 5.74) is 2.40. The molecule has 3 heterocycles. The van der Waals surface area contributed by atoms with Crippen molar-refractivity contribution < 1.29 is 4.79 Å². The summed E-state index contributed by atoms with van der Waals surface area (Å²) in [5.74, 6) is 0.116. The van der Waals surface area contributed by atoms with Crippen molar-refractivity contribution >= 4 is 57.6 Å². The molecule has 9 heteroatoms. The zero-order chi connectivity index (χ0) is 20.2. The van der Waals surface area contributed by atoms with E-state index in [1.165, 1.54) is 11.8 Å². The zero-order valence-corrected chi connectivity index (χ0v) is 18.5. The highest BCUT2D eigenvalue weighted by atomic mass is 35.5. The number of thiophene rings is 1. The van der Waals surface area contributed by atoms with Gasteiger partial charge in [-0.05, 0) is 48.7 Å². The molecule has 4 rings (SSSR count). The molecular weight excluding hydrogens is 444 g/mol. The predicted molar refractivity (Wildman–Crippen MR) is 122 cm³/mol. The second-order valence-corrected chi connectivity index (χ2v) is 9.39. The number of thioether (sulfide) groups is 1. The van der Waals surface area contributed by atoms with Crippen LogP contribution in [0.4, 0.5) is 5.69 Å². The number of aryl methyl sites for hydroxylation is 1. The van der Waals surface area contributed by atoms with E-state index in [0.717, 1.165) is 26.1 Å². The number of anilines is 1. The van der Waals surface area contributed by atoms with E-state index < -0.39 is 0 Å². The summed E-state index contributed by atoms with van der Waals surface area (Å²) in [4.78, 5) is 18.9. The van der Waals surface area contributed by atoms with Crippen LogP contribution < -0.4 is 5.32 Å². The number of nitrogens with one attached hydrogen (secondary N) is 1. The Bertz CT molecular complexity index is 1130. The molecule has 1 N–H and O–H groups in total. The third kappa shape index (κ3) is 5.02. The molecule has 0 radical (unpaired) electrons. The maximum atomic E-state index is 12.1. The van der Waals surface area contributed by atoms with Crippen molar-refractivity contribution in [3.63, 3.8) is 0 Å². The van der Waals surface area contributed by atoms with Gasteiger partial charge in [0.1, 0.15) is 15.7 Å². The first-order chi connectivity index (χ1) is 14.1. The molecule has 0 saturated heterocycles. The summed E-state index contributed by atoms with van der Waals surface area (Å²) in [6, 6.07) is 14.9. The third-order valence-electron chi connectivity index (χ3n) is 3.86. The highest BCUT2D eigenvalue weighted by Crippen LogP contribution is 2.36. The maximum Gasteiger partial charge on any atom is 0.234 e. The minimum absolute atomic E-state index is 0.123. The van der Waals surface area contributed by atoms with Crippen LogP contribution in [0.25, 0.3) is 20.5 Å². The molecule has 0 unspecified atom stereocenters. The average molecular weight is 459 g/mol. The summed E-state index contributed by atoms with van der Waals surface area (Å²) in [7, 11) is 0. The highest BCUT2D eigenvalue weighted by molar-refractivity contribution is 7.99. The molecule has 0 aliphatic heterocycles. The molecular formula is C20H15ClN4OS3. The van der Waals surface area contributed by atoms with Gasteiger partial charge in [-0.3, -0.25) is 4.79 Å². The standard InChI is InChI=1S/C20H15ClN4OS3/c1-12-19(29-20(22-12)16-6-3-9-27-16)15-7-8-18(25-24-15)28-11-17(26)23-14-5-2-4-13(21)10-14/h2-10H,11H2,1H3,(H,23,26). The van der Waals surface area contributed by atoms with Crippen LogP contribution in [0.15, 0.2) is 58.9 Å². The van der Waals surface area contributed by atoms with Gasteiger partial charge in [-0.2, -0.15) is 0 Å². The van der Waals surface area contributed by atoms with E-state index >= 15 is 0 Å². The van der Waals surface area contributed by atoms with Crippen molar-refractivity contribution in [2.45, 2.75) is 11.9 Å². The number of hydrogen-bond donors (Lipinski definition) is 1. The quantitative estimate of drug-likeness (QED) is 0.358. The van der Waals surface area contributed by atoms with Gasteiger partial charge in [-0.25, -0.2) is 4.98 Å². The van der Waals surface area contributed by atoms with Crippen LogP contribution in [0.5, 0.6) is 0 Å². The Hall–Kier alpha value is -2.26. The fraction of sp³-hybridized carbons (Fsp3) is 0.100. The van der Waals surface area contributed by atoms with E-state index in [1.54, 1.807) is 46.9 Å². The average Bonchev–Trinajstić information content (AvgIpc) is 3.37. The van der Waals surface area contributed by atoms with E-state index in [2.05, 4.69) is 26.6 Å². The number of rotatable bonds is 6. The van der Waals surface area contributed by atoms with Crippen molar-refractivity contribution in [1.29, 1.82) is 0 Å². The summed E-state index contributed by atoms with van der Waals surface area (Å²) in [6.07, 6.45) is 0. The second kappa shape index (κ2) is 9.04. The van der Waals surface area contributed by atoms with Gasteiger partial charge in [-0.15, -0.1) is 32.9 Å². The summed E-state index contributed by atoms with van der Waals surface area (Å²) >= 11 is 10.5. The number of hydrogen-bond acceptors (Lipinski definition) is 7. The first kappa shape index (κ1) is 20.0. The Kier molecular flexibility index (Phi) is 6.25. The minimum atomic E-state index is -0.123. The summed E-state index contributed by atoms with van der Waals surface area (Å²) in [5, 5.41) is 15.7. The van der Waals surface area contributed by atoms with Crippen molar-refractivity contribution in [2.24, 2.45) is 0 Å². The lowest BCUT2D eigenvalue weighted by Crippen LogP contribution is -2.14. The molecule has 0 aliphatic rings. The van der Waals surface area contributed by atoms with Gasteiger partial charge in [-0.1, -0.05) is 35.5 Å². The van der Waals surface area contributed by atoms with E-state index in [9.17, 15) is 4.79 Å². The van der Waals surface area contributed by atoms with Gasteiger partial charge in [0.15, 0.2) is 0 Å². The van der Waals surface area contributed by atoms with E-state index in [4.69, 9.17) is 11.6 Å². The molecule has 0 saturated carbocycles. The first-order valence-corrected chi connectivity index (χ1v) is 11.7. The van der Waals surface area contributed by atoms with Crippen LogP contribution in [0.1, 0.15) is 5.69 Å². The molecule has 0 atom stereocenters. The highest BCUT2D eigenvalue weighted by Gasteiger charge is 2.14. The number of nitrogens with zero attached hydrogens (tertiary/aromatic N) is 3. The smallest absolute Gasteiger partial charge is 0.234 e. The number of aromatic nitrogens is 3. The molecule has 0 spiro atoms. The van der Waals surface area contributed by atoms with Crippen molar-refractivity contribution in [1.82, 2.24) is 15.2 Å². The number of halogens is 1. The van der Waals surface area contributed by atoms with Crippen LogP contribution >= 0.6 is 46.0 Å². The van der Waals surface area contributed by atoms with E-state index in [1.807, 2.05) is 30.5 Å². The van der Waals surface area contributed by atoms with E-state index in [-0.39, 0.29) is 11.7 Å². The molecule has 0 bridgehead atoms. The molecule has 146 valence electrons. The molecule has 0 fully saturated rings.